The van der Waals surface area contributed by atoms with Crippen LogP contribution in [0.3, 0.4) is 0 Å². The summed E-state index contributed by atoms with van der Waals surface area (Å²) in [5.41, 5.74) is 4.42. The number of benzene rings is 2. The van der Waals surface area contributed by atoms with Crippen molar-refractivity contribution in [1.82, 2.24) is 9.62 Å². The minimum atomic E-state index is 0.872. The van der Waals surface area contributed by atoms with E-state index in [2.05, 4.69) is 38.8 Å². The molecule has 2 aliphatic heterocycles. The molecule has 5 nitrogen and oxygen atoms in total. The molecule has 1 fully saturated rings. The monoisotopic (exact) mass is 386 g/mol. The third-order valence-corrected chi connectivity index (χ3v) is 6.50. The molecule has 0 radical (unpaired) electrons. The Bertz CT molecular complexity index is 793. The lowest BCUT2D eigenvalue weighted by molar-refractivity contribution is 0.391. The Morgan fingerprint density at radius 2 is 1.85 bits per heavy atom. The highest BCUT2D eigenvalue weighted by molar-refractivity contribution is 7.76. The minimum Gasteiger partial charge on any atom is -0.497 e. The normalized spacial score (nSPS) is 17.5. The van der Waals surface area contributed by atoms with Crippen molar-refractivity contribution in [3.8, 4) is 11.5 Å². The van der Waals surface area contributed by atoms with E-state index >= 15 is 0 Å². The molecule has 0 aliphatic carbocycles. The van der Waals surface area contributed by atoms with Crippen LogP contribution in [0.5, 0.6) is 11.5 Å². The van der Waals surface area contributed by atoms with Crippen LogP contribution in [-0.2, 0) is 24.9 Å². The predicted molar refractivity (Wildman–Crippen MR) is 112 cm³/mol. The maximum absolute atomic E-state index is 5.55. The van der Waals surface area contributed by atoms with Gasteiger partial charge in [0.25, 0.3) is 0 Å². The maximum atomic E-state index is 5.55. The van der Waals surface area contributed by atoms with Gasteiger partial charge in [-0.05, 0) is 35.7 Å². The van der Waals surface area contributed by atoms with Gasteiger partial charge in [-0.15, -0.1) is 4.31 Å². The number of hydrogen-bond acceptors (Lipinski definition) is 5. The maximum Gasteiger partial charge on any atom is 0.218 e. The van der Waals surface area contributed by atoms with Gasteiger partial charge in [-0.1, -0.05) is 12.1 Å². The molecule has 6 heteroatoms. The first-order valence-electron chi connectivity index (χ1n) is 9.53. The van der Waals surface area contributed by atoms with Crippen LogP contribution in [0.4, 0.5) is 5.69 Å². The summed E-state index contributed by atoms with van der Waals surface area (Å²) >= 11 is 1.17. The number of methoxy groups -OCH3 is 2. The van der Waals surface area contributed by atoms with E-state index in [1.54, 1.807) is 14.2 Å². The lowest BCUT2D eigenvalue weighted by Gasteiger charge is -2.33. The topological polar surface area (TPSA) is 37.0 Å². The first-order chi connectivity index (χ1) is 13.3. The van der Waals surface area contributed by atoms with Crippen LogP contribution < -0.4 is 19.7 Å². The smallest absolute Gasteiger partial charge is 0.218 e. The fraction of sp³-hybridized carbons (Fsp3) is 0.429. The van der Waals surface area contributed by atoms with Gasteiger partial charge in [-0.2, -0.15) is 0 Å². The van der Waals surface area contributed by atoms with Crippen LogP contribution >= 0.6 is 0 Å². The Labute approximate surface area is 165 Å². The number of hydrogen-bond donors (Lipinski definition) is 1. The van der Waals surface area contributed by atoms with E-state index in [1.807, 2.05) is 12.1 Å². The van der Waals surface area contributed by atoms with E-state index in [4.69, 9.17) is 9.47 Å². The highest BCUT2D eigenvalue weighted by Crippen LogP contribution is 2.32. The van der Waals surface area contributed by atoms with E-state index in [9.17, 15) is 0 Å². The van der Waals surface area contributed by atoms with Crippen molar-refractivity contribution < 1.29 is 9.47 Å². The molecular formula is C21H28N3O2S+. The molecular weight excluding hydrogens is 358 g/mol. The molecule has 2 heterocycles. The first-order valence-corrected chi connectivity index (χ1v) is 10.4. The van der Waals surface area contributed by atoms with Crippen molar-refractivity contribution in [2.75, 3.05) is 51.8 Å². The van der Waals surface area contributed by atoms with Crippen molar-refractivity contribution in [2.45, 2.75) is 17.9 Å². The van der Waals surface area contributed by atoms with Gasteiger partial charge in [-0.25, -0.2) is 0 Å². The van der Waals surface area contributed by atoms with Gasteiger partial charge in [0.05, 0.1) is 20.8 Å². The second kappa shape index (κ2) is 8.42. The zero-order chi connectivity index (χ0) is 18.6. The van der Waals surface area contributed by atoms with E-state index in [0.717, 1.165) is 62.1 Å². The van der Waals surface area contributed by atoms with Crippen molar-refractivity contribution in [2.24, 2.45) is 0 Å². The average molecular weight is 387 g/mol. The molecule has 2 aliphatic rings. The molecule has 27 heavy (non-hydrogen) atoms. The predicted octanol–water partition coefficient (Wildman–Crippen LogP) is 2.26. The number of piperazine rings is 1. The van der Waals surface area contributed by atoms with Gasteiger partial charge >= 0.3 is 0 Å². The summed E-state index contributed by atoms with van der Waals surface area (Å²) in [6, 6.07) is 12.8. The third kappa shape index (κ3) is 4.03. The zero-order valence-electron chi connectivity index (χ0n) is 16.1. The lowest BCUT2D eigenvalue weighted by atomic mass is 9.98. The van der Waals surface area contributed by atoms with Gasteiger partial charge in [0.2, 0.25) is 4.90 Å². The van der Waals surface area contributed by atoms with Gasteiger partial charge in [0, 0.05) is 44.5 Å². The molecule has 0 bridgehead atoms. The number of nitrogens with one attached hydrogen (secondary N) is 1. The summed E-state index contributed by atoms with van der Waals surface area (Å²) in [5, 5.41) is 3.45. The molecule has 144 valence electrons. The molecule has 0 atom stereocenters. The Hall–Kier alpha value is -1.89. The fourth-order valence-corrected chi connectivity index (χ4v) is 5.07. The van der Waals surface area contributed by atoms with Gasteiger partial charge in [0.15, 0.2) is 5.75 Å². The lowest BCUT2D eigenvalue weighted by Crippen LogP contribution is -2.44. The number of anilines is 1. The zero-order valence-corrected chi connectivity index (χ0v) is 17.0. The number of nitrogens with zero attached hydrogens (tertiary/aromatic N) is 2. The number of rotatable bonds is 5. The summed E-state index contributed by atoms with van der Waals surface area (Å²) in [7, 11) is 3.43. The highest BCUT2D eigenvalue weighted by atomic mass is 32.2. The Kier molecular flexibility index (Phi) is 5.76. The van der Waals surface area contributed by atoms with Crippen LogP contribution in [-0.4, -0.2) is 51.2 Å². The van der Waals surface area contributed by atoms with Crippen molar-refractivity contribution in [3.63, 3.8) is 0 Å². The average Bonchev–Trinajstić information content (AvgIpc) is 2.73. The molecule has 0 unspecified atom stereocenters. The van der Waals surface area contributed by atoms with E-state index in [-0.39, 0.29) is 0 Å². The summed E-state index contributed by atoms with van der Waals surface area (Å²) in [6.45, 7) is 6.36. The van der Waals surface area contributed by atoms with E-state index in [0.29, 0.717) is 0 Å². The Morgan fingerprint density at radius 1 is 1.00 bits per heavy atom. The van der Waals surface area contributed by atoms with Crippen LogP contribution in [0.1, 0.15) is 11.1 Å². The molecule has 1 N–H and O–H groups in total. The number of thiol groups is 1. The summed E-state index contributed by atoms with van der Waals surface area (Å²) in [5.74, 6) is 1.79. The highest BCUT2D eigenvalue weighted by Gasteiger charge is 2.27. The molecule has 2 aromatic carbocycles. The number of fused-ring (bicyclic) bond motifs is 1. The van der Waals surface area contributed by atoms with Crippen molar-refractivity contribution in [3.05, 3.63) is 47.5 Å². The first kappa shape index (κ1) is 18.5. The van der Waals surface area contributed by atoms with Crippen molar-refractivity contribution >= 4 is 17.6 Å². The Balaban J connectivity index is 1.52. The van der Waals surface area contributed by atoms with Gasteiger partial charge < -0.3 is 19.7 Å². The Morgan fingerprint density at radius 3 is 2.63 bits per heavy atom. The summed E-state index contributed by atoms with van der Waals surface area (Å²) in [6.07, 6.45) is 1.09. The summed E-state index contributed by atoms with van der Waals surface area (Å²) < 4.78 is 13.4. The fourth-order valence-electron chi connectivity index (χ4n) is 3.89. The standard InChI is InChI=1S/C21H27N3O2S/c1-25-17-6-7-20(26-2)21(14-17)27-24-11-8-18-16(15-24)4-3-5-19(18)23-12-9-22-10-13-23/h3-7,14,22H,8-13,15H2,1-2H3/p+1. The van der Waals surface area contributed by atoms with E-state index < -0.39 is 0 Å². The van der Waals surface area contributed by atoms with Gasteiger partial charge in [-0.3, -0.25) is 0 Å². The van der Waals surface area contributed by atoms with Crippen LogP contribution in [0, 0.1) is 0 Å². The van der Waals surface area contributed by atoms with Crippen molar-refractivity contribution in [1.29, 1.82) is 0 Å². The second-order valence-electron chi connectivity index (χ2n) is 6.93. The third-order valence-electron chi connectivity index (χ3n) is 5.31. The quantitative estimate of drug-likeness (QED) is 0.630. The van der Waals surface area contributed by atoms with Crippen LogP contribution in [0.2, 0.25) is 0 Å². The van der Waals surface area contributed by atoms with Gasteiger partial charge in [0.1, 0.15) is 17.7 Å². The summed E-state index contributed by atoms with van der Waals surface area (Å²) in [4.78, 5) is 3.69. The SMILES string of the molecule is COc1ccc(OC)c([SH+]N2CCc3c(cccc3N3CCNCC3)C2)c1. The largest absolute Gasteiger partial charge is 0.497 e. The van der Waals surface area contributed by atoms with Crippen LogP contribution in [0.15, 0.2) is 41.3 Å². The van der Waals surface area contributed by atoms with E-state index in [1.165, 1.54) is 28.8 Å². The molecule has 4 rings (SSSR count). The molecule has 0 aromatic heterocycles. The molecule has 1 saturated heterocycles. The second-order valence-corrected chi connectivity index (χ2v) is 8.18. The number of ether oxygens (including phenoxy) is 2. The molecule has 0 amide bonds. The molecule has 2 aromatic rings. The molecule has 0 spiro atoms. The molecule has 0 saturated carbocycles. The minimum absolute atomic E-state index is 0.872. The van der Waals surface area contributed by atoms with Crippen LogP contribution in [0.25, 0.3) is 0 Å².